The Kier molecular flexibility index (Phi) is 2.56. The summed E-state index contributed by atoms with van der Waals surface area (Å²) in [5.74, 6) is 0. The van der Waals surface area contributed by atoms with Crippen LogP contribution in [0.25, 0.3) is 0 Å². The van der Waals surface area contributed by atoms with Crippen molar-refractivity contribution in [1.29, 1.82) is 0 Å². The van der Waals surface area contributed by atoms with E-state index in [1.165, 1.54) is 18.4 Å². The summed E-state index contributed by atoms with van der Waals surface area (Å²) in [5.41, 5.74) is 2.49. The second-order valence-corrected chi connectivity index (χ2v) is 4.15. The molecule has 0 atom stereocenters. The summed E-state index contributed by atoms with van der Waals surface area (Å²) in [6.45, 7) is 3.02. The van der Waals surface area contributed by atoms with Crippen LogP contribution in [0.2, 0.25) is 5.02 Å². The Morgan fingerprint density at radius 2 is 2.23 bits per heavy atom. The molecule has 1 aliphatic rings. The molecule has 0 unspecified atom stereocenters. The van der Waals surface area contributed by atoms with Crippen molar-refractivity contribution in [3.63, 3.8) is 0 Å². The molecule has 2 heteroatoms. The van der Waals surface area contributed by atoms with Gasteiger partial charge < -0.3 is 5.32 Å². The van der Waals surface area contributed by atoms with Crippen molar-refractivity contribution >= 4 is 11.6 Å². The summed E-state index contributed by atoms with van der Waals surface area (Å²) in [6.07, 6.45) is 2.68. The van der Waals surface area contributed by atoms with Crippen LogP contribution < -0.4 is 5.32 Å². The first-order valence-corrected chi connectivity index (χ1v) is 5.12. The van der Waals surface area contributed by atoms with Crippen LogP contribution in [-0.2, 0) is 6.54 Å². The zero-order valence-electron chi connectivity index (χ0n) is 7.81. The Morgan fingerprint density at radius 1 is 1.46 bits per heavy atom. The van der Waals surface area contributed by atoms with E-state index in [9.17, 15) is 0 Å². The minimum absolute atomic E-state index is 0.774. The van der Waals surface area contributed by atoms with Gasteiger partial charge in [-0.25, -0.2) is 0 Å². The number of hydrogen-bond donors (Lipinski definition) is 1. The molecule has 13 heavy (non-hydrogen) atoms. The first-order valence-electron chi connectivity index (χ1n) is 4.74. The molecule has 2 rings (SSSR count). The molecule has 1 aliphatic carbocycles. The van der Waals surface area contributed by atoms with Crippen LogP contribution in [0.15, 0.2) is 18.2 Å². The van der Waals surface area contributed by atoms with Gasteiger partial charge in [-0.05, 0) is 37.0 Å². The maximum absolute atomic E-state index is 5.94. The second-order valence-electron chi connectivity index (χ2n) is 3.74. The van der Waals surface area contributed by atoms with Gasteiger partial charge in [0.05, 0.1) is 0 Å². The summed E-state index contributed by atoms with van der Waals surface area (Å²) < 4.78 is 0. The highest BCUT2D eigenvalue weighted by molar-refractivity contribution is 6.31. The molecular formula is C11H14ClN. The van der Waals surface area contributed by atoms with Gasteiger partial charge in [0.2, 0.25) is 0 Å². The van der Waals surface area contributed by atoms with Gasteiger partial charge in [-0.3, -0.25) is 0 Å². The lowest BCUT2D eigenvalue weighted by Gasteiger charge is -2.04. The lowest BCUT2D eigenvalue weighted by atomic mass is 10.1. The lowest BCUT2D eigenvalue weighted by molar-refractivity contribution is 0.687. The highest BCUT2D eigenvalue weighted by atomic mass is 35.5. The fourth-order valence-corrected chi connectivity index (χ4v) is 1.48. The van der Waals surface area contributed by atoms with Crippen molar-refractivity contribution < 1.29 is 0 Å². The first kappa shape index (κ1) is 9.04. The van der Waals surface area contributed by atoms with Crippen molar-refractivity contribution in [2.45, 2.75) is 32.4 Å². The number of aryl methyl sites for hydroxylation is 1. The summed E-state index contributed by atoms with van der Waals surface area (Å²) >= 11 is 5.94. The fraction of sp³-hybridized carbons (Fsp3) is 0.455. The average molecular weight is 196 g/mol. The number of halogens is 1. The van der Waals surface area contributed by atoms with Gasteiger partial charge in [0.25, 0.3) is 0 Å². The van der Waals surface area contributed by atoms with Gasteiger partial charge in [0.1, 0.15) is 0 Å². The Morgan fingerprint density at radius 3 is 2.85 bits per heavy atom. The first-order chi connectivity index (χ1) is 6.25. The molecule has 1 fully saturated rings. The van der Waals surface area contributed by atoms with Gasteiger partial charge >= 0.3 is 0 Å². The molecule has 0 aliphatic heterocycles. The normalized spacial score (nSPS) is 16.2. The molecule has 0 heterocycles. The minimum Gasteiger partial charge on any atom is -0.310 e. The van der Waals surface area contributed by atoms with E-state index in [2.05, 4.69) is 17.4 Å². The van der Waals surface area contributed by atoms with E-state index in [0.29, 0.717) is 0 Å². The molecule has 1 N–H and O–H groups in total. The van der Waals surface area contributed by atoms with Crippen molar-refractivity contribution in [2.75, 3.05) is 0 Å². The zero-order valence-corrected chi connectivity index (χ0v) is 8.56. The minimum atomic E-state index is 0.774. The van der Waals surface area contributed by atoms with Crippen LogP contribution in [0.4, 0.5) is 0 Å². The largest absolute Gasteiger partial charge is 0.310 e. The van der Waals surface area contributed by atoms with Crippen LogP contribution in [0.5, 0.6) is 0 Å². The van der Waals surface area contributed by atoms with Crippen molar-refractivity contribution in [3.05, 3.63) is 34.3 Å². The molecule has 0 spiro atoms. The molecular weight excluding hydrogens is 182 g/mol. The summed E-state index contributed by atoms with van der Waals surface area (Å²) in [5, 5.41) is 4.33. The molecule has 1 aromatic carbocycles. The molecule has 1 saturated carbocycles. The maximum Gasteiger partial charge on any atom is 0.0435 e. The van der Waals surface area contributed by atoms with Gasteiger partial charge in [-0.2, -0.15) is 0 Å². The van der Waals surface area contributed by atoms with Gasteiger partial charge in [-0.15, -0.1) is 0 Å². The van der Waals surface area contributed by atoms with E-state index in [-0.39, 0.29) is 0 Å². The van der Waals surface area contributed by atoms with Crippen molar-refractivity contribution in [3.8, 4) is 0 Å². The third kappa shape index (κ3) is 2.45. The van der Waals surface area contributed by atoms with Crippen LogP contribution in [-0.4, -0.2) is 6.04 Å². The standard InChI is InChI=1S/C11H14ClN/c1-8-6-9(2-5-11(8)12)7-13-10-3-4-10/h2,5-6,10,13H,3-4,7H2,1H3. The number of rotatable bonds is 3. The van der Waals surface area contributed by atoms with E-state index in [1.807, 2.05) is 13.0 Å². The topological polar surface area (TPSA) is 12.0 Å². The molecule has 0 saturated heterocycles. The maximum atomic E-state index is 5.94. The predicted molar refractivity (Wildman–Crippen MR) is 56.1 cm³/mol. The van der Waals surface area contributed by atoms with Crippen molar-refractivity contribution in [1.82, 2.24) is 5.32 Å². The van der Waals surface area contributed by atoms with Crippen LogP contribution in [0, 0.1) is 6.92 Å². The predicted octanol–water partition coefficient (Wildman–Crippen LogP) is 2.90. The SMILES string of the molecule is Cc1cc(CNC2CC2)ccc1Cl. The Bertz CT molecular complexity index is 305. The third-order valence-corrected chi connectivity index (χ3v) is 2.82. The molecule has 0 amide bonds. The highest BCUT2D eigenvalue weighted by Crippen LogP contribution is 2.20. The Hall–Kier alpha value is -0.530. The van der Waals surface area contributed by atoms with Gasteiger partial charge in [0, 0.05) is 17.6 Å². The van der Waals surface area contributed by atoms with Crippen LogP contribution in [0.3, 0.4) is 0 Å². The molecule has 0 aromatic heterocycles. The van der Waals surface area contributed by atoms with E-state index in [1.54, 1.807) is 0 Å². The molecule has 1 nitrogen and oxygen atoms in total. The van der Waals surface area contributed by atoms with Gasteiger partial charge in [0.15, 0.2) is 0 Å². The van der Waals surface area contributed by atoms with Crippen LogP contribution >= 0.6 is 11.6 Å². The Labute approximate surface area is 84.1 Å². The zero-order chi connectivity index (χ0) is 9.26. The lowest BCUT2D eigenvalue weighted by Crippen LogP contribution is -2.15. The molecule has 0 radical (unpaired) electrons. The highest BCUT2D eigenvalue weighted by Gasteiger charge is 2.19. The molecule has 1 aromatic rings. The van der Waals surface area contributed by atoms with E-state index in [0.717, 1.165) is 23.2 Å². The fourth-order valence-electron chi connectivity index (χ4n) is 1.37. The van der Waals surface area contributed by atoms with Gasteiger partial charge in [-0.1, -0.05) is 23.7 Å². The molecule has 0 bridgehead atoms. The smallest absolute Gasteiger partial charge is 0.0435 e. The third-order valence-electron chi connectivity index (χ3n) is 2.39. The number of hydrogen-bond acceptors (Lipinski definition) is 1. The summed E-state index contributed by atoms with van der Waals surface area (Å²) in [6, 6.07) is 6.99. The Balaban J connectivity index is 1.98. The number of benzene rings is 1. The summed E-state index contributed by atoms with van der Waals surface area (Å²) in [4.78, 5) is 0. The summed E-state index contributed by atoms with van der Waals surface area (Å²) in [7, 11) is 0. The monoisotopic (exact) mass is 195 g/mol. The average Bonchev–Trinajstić information content (AvgIpc) is 2.91. The van der Waals surface area contributed by atoms with E-state index < -0.39 is 0 Å². The van der Waals surface area contributed by atoms with E-state index >= 15 is 0 Å². The molecule has 70 valence electrons. The van der Waals surface area contributed by atoms with Crippen LogP contribution in [0.1, 0.15) is 24.0 Å². The van der Waals surface area contributed by atoms with E-state index in [4.69, 9.17) is 11.6 Å². The van der Waals surface area contributed by atoms with Crippen molar-refractivity contribution in [2.24, 2.45) is 0 Å². The number of nitrogens with one attached hydrogen (secondary N) is 1. The second kappa shape index (κ2) is 3.69. The quantitative estimate of drug-likeness (QED) is 0.782.